The average Bonchev–Trinajstić information content (AvgIpc) is 3.15. The Morgan fingerprint density at radius 1 is 0.943 bits per heavy atom. The quantitative estimate of drug-likeness (QED) is 0.390. The summed E-state index contributed by atoms with van der Waals surface area (Å²) in [7, 11) is -3.39. The molecule has 0 bridgehead atoms. The monoisotopic (exact) mass is 485 g/mol. The van der Waals surface area contributed by atoms with Gasteiger partial charge in [0.25, 0.3) is 0 Å². The van der Waals surface area contributed by atoms with E-state index in [-0.39, 0.29) is 5.91 Å². The van der Waals surface area contributed by atoms with Crippen LogP contribution in [0.1, 0.15) is 21.6 Å². The first-order chi connectivity index (χ1) is 16.9. The van der Waals surface area contributed by atoms with Crippen molar-refractivity contribution in [1.29, 1.82) is 0 Å². The fraction of sp³-hybridized carbons (Fsp3) is 0.148. The van der Waals surface area contributed by atoms with Gasteiger partial charge in [-0.2, -0.15) is 4.57 Å². The topological polar surface area (TPSA) is 92.0 Å². The number of benzene rings is 3. The van der Waals surface area contributed by atoms with E-state index in [2.05, 4.69) is 10.0 Å². The van der Waals surface area contributed by atoms with Crippen molar-refractivity contribution < 1.29 is 17.8 Å². The van der Waals surface area contributed by atoms with E-state index in [1.54, 1.807) is 29.0 Å². The maximum Gasteiger partial charge on any atom is 0.359 e. The fourth-order valence-electron chi connectivity index (χ4n) is 4.28. The van der Waals surface area contributed by atoms with E-state index in [0.29, 0.717) is 24.3 Å². The summed E-state index contributed by atoms with van der Waals surface area (Å²) in [5, 5.41) is 3.38. The molecular weight excluding hydrogens is 460 g/mol. The Hall–Kier alpha value is -4.04. The molecule has 4 aromatic rings. The highest BCUT2D eigenvalue weighted by molar-refractivity contribution is 7.92. The first-order valence-corrected chi connectivity index (χ1v) is 13.2. The summed E-state index contributed by atoms with van der Waals surface area (Å²) in [4.78, 5) is 18.4. The molecule has 0 saturated carbocycles. The molecule has 0 amide bonds. The van der Waals surface area contributed by atoms with Crippen LogP contribution in [0.2, 0.25) is 0 Å². The van der Waals surface area contributed by atoms with Gasteiger partial charge in [0.15, 0.2) is 6.04 Å². The number of aromatic nitrogens is 2. The van der Waals surface area contributed by atoms with Gasteiger partial charge in [0.1, 0.15) is 17.6 Å². The number of fused-ring (bicyclic) bond motifs is 1. The van der Waals surface area contributed by atoms with Crippen LogP contribution in [-0.2, 0) is 22.9 Å². The van der Waals surface area contributed by atoms with Gasteiger partial charge in [-0.05, 0) is 23.3 Å². The number of hydrogen-bond acceptors (Lipinski definition) is 5. The van der Waals surface area contributed by atoms with Crippen LogP contribution in [0.3, 0.4) is 0 Å². The summed E-state index contributed by atoms with van der Waals surface area (Å²) < 4.78 is 27.4. The lowest BCUT2D eigenvalue weighted by atomic mass is 10.1. The Bertz CT molecular complexity index is 1490. The molecule has 0 aliphatic carbocycles. The standard InChI is InChI=1S/C27H24N4O3S/c1-35(33,34)30-22-14-8-11-20(15-22)17-24-27(32)31-18-25(21-12-6-3-7-13-21)28-23(26(31)29-24)16-19-9-4-2-5-10-19/h2-15,18,24,30H,16-17H2,1H3/p+1. The molecule has 8 heteroatoms. The highest BCUT2D eigenvalue weighted by Crippen LogP contribution is 2.25. The SMILES string of the molecule is CS(=O)(=O)Nc1cccc(CC2Nc3c(Cc4ccccc4)nc(-c4ccccc4)c[n+]3C2=O)c1. The molecule has 3 aromatic carbocycles. The fourth-order valence-corrected chi connectivity index (χ4v) is 4.84. The zero-order chi connectivity index (χ0) is 24.4. The predicted octanol–water partition coefficient (Wildman–Crippen LogP) is 3.68. The van der Waals surface area contributed by atoms with Crippen molar-refractivity contribution in [3.05, 3.63) is 108 Å². The molecule has 1 aromatic heterocycles. The lowest BCUT2D eigenvalue weighted by Gasteiger charge is -2.08. The molecule has 2 heterocycles. The largest absolute Gasteiger partial charge is 0.359 e. The summed E-state index contributed by atoms with van der Waals surface area (Å²) in [6.45, 7) is 0. The highest BCUT2D eigenvalue weighted by atomic mass is 32.2. The molecule has 35 heavy (non-hydrogen) atoms. The molecule has 1 aliphatic rings. The van der Waals surface area contributed by atoms with E-state index >= 15 is 0 Å². The third-order valence-corrected chi connectivity index (χ3v) is 6.43. The smallest absolute Gasteiger partial charge is 0.284 e. The minimum absolute atomic E-state index is 0.0737. The second-order valence-corrected chi connectivity index (χ2v) is 10.4. The van der Waals surface area contributed by atoms with Gasteiger partial charge in [0.05, 0.1) is 6.26 Å². The second-order valence-electron chi connectivity index (χ2n) is 8.63. The molecule has 2 N–H and O–H groups in total. The van der Waals surface area contributed by atoms with Crippen LogP contribution in [0, 0.1) is 0 Å². The molecule has 0 saturated heterocycles. The molecule has 0 radical (unpaired) electrons. The van der Waals surface area contributed by atoms with Crippen molar-refractivity contribution in [3.8, 4) is 11.3 Å². The van der Waals surface area contributed by atoms with E-state index in [4.69, 9.17) is 4.98 Å². The zero-order valence-corrected chi connectivity index (χ0v) is 20.0. The molecule has 7 nitrogen and oxygen atoms in total. The van der Waals surface area contributed by atoms with Crippen LogP contribution in [0.4, 0.5) is 11.5 Å². The van der Waals surface area contributed by atoms with Gasteiger partial charge in [-0.1, -0.05) is 72.8 Å². The summed E-state index contributed by atoms with van der Waals surface area (Å²) >= 11 is 0. The Morgan fingerprint density at radius 3 is 2.34 bits per heavy atom. The first kappa shape index (κ1) is 22.7. The minimum atomic E-state index is -3.39. The van der Waals surface area contributed by atoms with E-state index in [1.165, 1.54) is 0 Å². The maximum atomic E-state index is 13.5. The predicted molar refractivity (Wildman–Crippen MR) is 136 cm³/mol. The van der Waals surface area contributed by atoms with E-state index in [9.17, 15) is 13.2 Å². The Labute approximate surface area is 204 Å². The van der Waals surface area contributed by atoms with Gasteiger partial charge >= 0.3 is 11.7 Å². The van der Waals surface area contributed by atoms with Crippen LogP contribution < -0.4 is 14.6 Å². The van der Waals surface area contributed by atoms with Crippen LogP contribution in [0.5, 0.6) is 0 Å². The van der Waals surface area contributed by atoms with Gasteiger partial charge < -0.3 is 0 Å². The van der Waals surface area contributed by atoms with Gasteiger partial charge in [-0.15, -0.1) is 0 Å². The first-order valence-electron chi connectivity index (χ1n) is 11.3. The number of nitrogens with one attached hydrogen (secondary N) is 2. The Balaban J connectivity index is 1.48. The lowest BCUT2D eigenvalue weighted by molar-refractivity contribution is -0.552. The molecule has 0 spiro atoms. The zero-order valence-electron chi connectivity index (χ0n) is 19.2. The second kappa shape index (κ2) is 9.31. The van der Waals surface area contributed by atoms with Crippen molar-refractivity contribution >= 4 is 27.4 Å². The third-order valence-electron chi connectivity index (χ3n) is 5.82. The van der Waals surface area contributed by atoms with Crippen LogP contribution in [-0.4, -0.2) is 31.6 Å². The van der Waals surface area contributed by atoms with Crippen molar-refractivity contribution in [2.45, 2.75) is 18.9 Å². The number of nitrogens with zero attached hydrogens (tertiary/aromatic N) is 2. The van der Waals surface area contributed by atoms with Crippen molar-refractivity contribution in [1.82, 2.24) is 4.98 Å². The molecule has 5 rings (SSSR count). The van der Waals surface area contributed by atoms with Gasteiger partial charge in [0.2, 0.25) is 10.0 Å². The average molecular weight is 486 g/mol. The third kappa shape index (κ3) is 5.22. The van der Waals surface area contributed by atoms with Gasteiger partial charge in [-0.25, -0.2) is 18.2 Å². The van der Waals surface area contributed by atoms with Crippen LogP contribution in [0.15, 0.2) is 91.1 Å². The number of rotatable bonds is 7. The molecule has 176 valence electrons. The van der Waals surface area contributed by atoms with Crippen LogP contribution >= 0.6 is 0 Å². The number of sulfonamides is 1. The Kier molecular flexibility index (Phi) is 6.05. The summed E-state index contributed by atoms with van der Waals surface area (Å²) in [5.41, 5.74) is 4.88. The van der Waals surface area contributed by atoms with Crippen LogP contribution in [0.25, 0.3) is 11.3 Å². The van der Waals surface area contributed by atoms with Gasteiger partial charge in [-0.3, -0.25) is 10.0 Å². The maximum absolute atomic E-state index is 13.5. The van der Waals surface area contributed by atoms with E-state index in [0.717, 1.165) is 34.3 Å². The summed E-state index contributed by atoms with van der Waals surface area (Å²) in [6.07, 6.45) is 3.89. The van der Waals surface area contributed by atoms with Crippen molar-refractivity contribution in [2.75, 3.05) is 16.3 Å². The summed E-state index contributed by atoms with van der Waals surface area (Å²) in [6, 6.07) is 26.4. The van der Waals surface area contributed by atoms with E-state index < -0.39 is 16.1 Å². The molecule has 1 atom stereocenters. The van der Waals surface area contributed by atoms with Crippen molar-refractivity contribution in [3.63, 3.8) is 0 Å². The lowest BCUT2D eigenvalue weighted by Crippen LogP contribution is -2.44. The summed E-state index contributed by atoms with van der Waals surface area (Å²) in [5.74, 6) is 0.615. The minimum Gasteiger partial charge on any atom is -0.284 e. The molecule has 1 unspecified atom stereocenters. The highest BCUT2D eigenvalue weighted by Gasteiger charge is 2.41. The van der Waals surface area contributed by atoms with Gasteiger partial charge in [0, 0.05) is 24.1 Å². The number of hydrogen-bond donors (Lipinski definition) is 2. The van der Waals surface area contributed by atoms with Crippen molar-refractivity contribution in [2.24, 2.45) is 0 Å². The van der Waals surface area contributed by atoms with E-state index in [1.807, 2.05) is 66.7 Å². The molecule has 0 fully saturated rings. The Morgan fingerprint density at radius 2 is 1.63 bits per heavy atom. The number of carbonyl (C=O) groups excluding carboxylic acids is 1. The number of anilines is 2. The molecular formula is C27H25N4O3S+. The number of carbonyl (C=O) groups is 1. The molecule has 1 aliphatic heterocycles. The normalized spacial score (nSPS) is 14.9.